The molecular weight excluding hydrogens is 344 g/mol. The number of carbonyl (C=O) groups is 1. The molecule has 1 atom stereocenters. The number of rotatable bonds is 5. The van der Waals surface area contributed by atoms with Gasteiger partial charge in [0.2, 0.25) is 0 Å². The van der Waals surface area contributed by atoms with E-state index in [0.29, 0.717) is 29.2 Å². The predicted octanol–water partition coefficient (Wildman–Crippen LogP) is 2.76. The van der Waals surface area contributed by atoms with Gasteiger partial charge in [-0.05, 0) is 36.6 Å². The molecule has 3 aromatic rings. The van der Waals surface area contributed by atoms with Gasteiger partial charge < -0.3 is 15.1 Å². The van der Waals surface area contributed by atoms with Gasteiger partial charge >= 0.3 is 11.8 Å². The van der Waals surface area contributed by atoms with Crippen LogP contribution in [0.5, 0.6) is 0 Å². The van der Waals surface area contributed by atoms with E-state index in [9.17, 15) is 9.59 Å². The fourth-order valence-electron chi connectivity index (χ4n) is 3.50. The first kappa shape index (κ1) is 17.4. The van der Waals surface area contributed by atoms with E-state index in [0.717, 1.165) is 26.1 Å². The standard InChI is InChI=1S/C20H22N4O3/c25-19(22-16-6-7-17-18(10-16)27-20(26)23-17)21-11-15-8-9-24(13-15)12-14-4-2-1-3-5-14/h1-7,10,15H,8-9,11-13H2,(H,23,26)(H2,21,22,25)/t15-/m1/s1. The molecular formula is C20H22N4O3. The van der Waals surface area contributed by atoms with Gasteiger partial charge in [-0.2, -0.15) is 0 Å². The van der Waals surface area contributed by atoms with Crippen molar-refractivity contribution in [3.8, 4) is 0 Å². The number of H-pyrrole nitrogens is 1. The Labute approximate surface area is 156 Å². The van der Waals surface area contributed by atoms with Crippen LogP contribution in [-0.2, 0) is 6.54 Å². The molecule has 0 bridgehead atoms. The zero-order valence-corrected chi connectivity index (χ0v) is 14.9. The number of oxazole rings is 1. The second kappa shape index (κ2) is 7.67. The van der Waals surface area contributed by atoms with E-state index in [1.807, 2.05) is 6.07 Å². The number of carbonyl (C=O) groups excluding carboxylic acids is 1. The van der Waals surface area contributed by atoms with Crippen molar-refractivity contribution in [2.24, 2.45) is 5.92 Å². The molecule has 1 aliphatic heterocycles. The molecule has 27 heavy (non-hydrogen) atoms. The molecule has 0 unspecified atom stereocenters. The Morgan fingerprint density at radius 3 is 2.93 bits per heavy atom. The minimum Gasteiger partial charge on any atom is -0.408 e. The number of amides is 2. The molecule has 1 aliphatic rings. The van der Waals surface area contributed by atoms with Gasteiger partial charge in [-0.15, -0.1) is 0 Å². The van der Waals surface area contributed by atoms with Crippen LogP contribution in [0, 0.1) is 5.92 Å². The lowest BCUT2D eigenvalue weighted by atomic mass is 10.1. The van der Waals surface area contributed by atoms with Crippen LogP contribution in [0.3, 0.4) is 0 Å². The van der Waals surface area contributed by atoms with Gasteiger partial charge in [0.15, 0.2) is 5.58 Å². The molecule has 0 aliphatic carbocycles. The lowest BCUT2D eigenvalue weighted by Gasteiger charge is -2.16. The molecule has 2 amide bonds. The third-order valence-corrected chi connectivity index (χ3v) is 4.85. The van der Waals surface area contributed by atoms with E-state index in [-0.39, 0.29) is 6.03 Å². The fourth-order valence-corrected chi connectivity index (χ4v) is 3.50. The summed E-state index contributed by atoms with van der Waals surface area (Å²) in [5.74, 6) is -0.0578. The van der Waals surface area contributed by atoms with Crippen LogP contribution in [-0.4, -0.2) is 35.5 Å². The molecule has 2 aromatic carbocycles. The van der Waals surface area contributed by atoms with Crippen LogP contribution < -0.4 is 16.4 Å². The molecule has 0 spiro atoms. The van der Waals surface area contributed by atoms with Crippen LogP contribution in [0.1, 0.15) is 12.0 Å². The normalized spacial score (nSPS) is 17.3. The Morgan fingerprint density at radius 1 is 1.22 bits per heavy atom. The van der Waals surface area contributed by atoms with Gasteiger partial charge in [-0.25, -0.2) is 9.59 Å². The van der Waals surface area contributed by atoms with Crippen molar-refractivity contribution in [3.63, 3.8) is 0 Å². The average Bonchev–Trinajstić information content (AvgIpc) is 3.26. The molecule has 140 valence electrons. The molecule has 1 saturated heterocycles. The highest BCUT2D eigenvalue weighted by Gasteiger charge is 2.22. The van der Waals surface area contributed by atoms with Crippen molar-refractivity contribution in [2.45, 2.75) is 13.0 Å². The number of fused-ring (bicyclic) bond motifs is 1. The van der Waals surface area contributed by atoms with E-state index in [2.05, 4.69) is 44.8 Å². The van der Waals surface area contributed by atoms with E-state index < -0.39 is 5.76 Å². The lowest BCUT2D eigenvalue weighted by Crippen LogP contribution is -2.34. The zero-order chi connectivity index (χ0) is 18.6. The Bertz CT molecular complexity index is 980. The molecule has 7 heteroatoms. The number of aromatic amines is 1. The van der Waals surface area contributed by atoms with Crippen molar-refractivity contribution in [1.29, 1.82) is 0 Å². The Morgan fingerprint density at radius 2 is 2.07 bits per heavy atom. The fraction of sp³-hybridized carbons (Fsp3) is 0.300. The highest BCUT2D eigenvalue weighted by Crippen LogP contribution is 2.19. The summed E-state index contributed by atoms with van der Waals surface area (Å²) < 4.78 is 5.00. The van der Waals surface area contributed by atoms with Gasteiger partial charge in [0.1, 0.15) is 0 Å². The second-order valence-electron chi connectivity index (χ2n) is 6.94. The van der Waals surface area contributed by atoms with Crippen molar-refractivity contribution < 1.29 is 9.21 Å². The third-order valence-electron chi connectivity index (χ3n) is 4.85. The number of likely N-dealkylation sites (tertiary alicyclic amines) is 1. The number of nitrogens with one attached hydrogen (secondary N) is 3. The summed E-state index contributed by atoms with van der Waals surface area (Å²) in [5.41, 5.74) is 2.93. The van der Waals surface area contributed by atoms with E-state index >= 15 is 0 Å². The monoisotopic (exact) mass is 366 g/mol. The van der Waals surface area contributed by atoms with Gasteiger partial charge in [0.25, 0.3) is 0 Å². The van der Waals surface area contributed by atoms with Gasteiger partial charge in [-0.3, -0.25) is 9.88 Å². The first-order valence-corrected chi connectivity index (χ1v) is 9.10. The predicted molar refractivity (Wildman–Crippen MR) is 104 cm³/mol. The summed E-state index contributed by atoms with van der Waals surface area (Å²) in [6.45, 7) is 3.62. The van der Waals surface area contributed by atoms with Crippen molar-refractivity contribution >= 4 is 22.8 Å². The quantitative estimate of drug-likeness (QED) is 0.648. The highest BCUT2D eigenvalue weighted by atomic mass is 16.4. The SMILES string of the molecule is O=C(NC[C@H]1CCN(Cc2ccccc2)C1)Nc1ccc2[nH]c(=O)oc2c1. The maximum Gasteiger partial charge on any atom is 0.417 e. The first-order valence-electron chi connectivity index (χ1n) is 9.10. The molecule has 1 aromatic heterocycles. The van der Waals surface area contributed by atoms with Crippen LogP contribution in [0.15, 0.2) is 57.7 Å². The number of aromatic nitrogens is 1. The van der Waals surface area contributed by atoms with Crippen LogP contribution in [0.2, 0.25) is 0 Å². The summed E-state index contributed by atoms with van der Waals surface area (Å²) in [7, 11) is 0. The molecule has 4 rings (SSSR count). The molecule has 7 nitrogen and oxygen atoms in total. The van der Waals surface area contributed by atoms with Crippen molar-refractivity contribution in [1.82, 2.24) is 15.2 Å². The molecule has 0 saturated carbocycles. The van der Waals surface area contributed by atoms with Gasteiger partial charge in [0, 0.05) is 31.4 Å². The summed E-state index contributed by atoms with van der Waals surface area (Å²) in [5, 5.41) is 5.71. The van der Waals surface area contributed by atoms with Crippen LogP contribution >= 0.6 is 0 Å². The smallest absolute Gasteiger partial charge is 0.408 e. The number of benzene rings is 2. The Balaban J connectivity index is 1.25. The zero-order valence-electron chi connectivity index (χ0n) is 14.9. The summed E-state index contributed by atoms with van der Waals surface area (Å²) in [6.07, 6.45) is 1.08. The number of hydrogen-bond donors (Lipinski definition) is 3. The first-order chi connectivity index (χ1) is 13.2. The molecule has 0 radical (unpaired) electrons. The summed E-state index contributed by atoms with van der Waals surface area (Å²) in [4.78, 5) is 28.3. The molecule has 3 N–H and O–H groups in total. The average molecular weight is 366 g/mol. The van der Waals surface area contributed by atoms with E-state index in [4.69, 9.17) is 4.42 Å². The number of hydrogen-bond acceptors (Lipinski definition) is 4. The Hall–Kier alpha value is -3.06. The topological polar surface area (TPSA) is 90.4 Å². The minimum atomic E-state index is -0.507. The number of nitrogens with zero attached hydrogens (tertiary/aromatic N) is 1. The Kier molecular flexibility index (Phi) is 4.93. The number of anilines is 1. The van der Waals surface area contributed by atoms with Gasteiger partial charge in [0.05, 0.1) is 5.52 Å². The second-order valence-corrected chi connectivity index (χ2v) is 6.94. The highest BCUT2D eigenvalue weighted by molar-refractivity contribution is 5.91. The summed E-state index contributed by atoms with van der Waals surface area (Å²) in [6, 6.07) is 15.2. The minimum absolute atomic E-state index is 0.256. The lowest BCUT2D eigenvalue weighted by molar-refractivity contribution is 0.249. The van der Waals surface area contributed by atoms with Crippen LogP contribution in [0.25, 0.3) is 11.1 Å². The molecule has 2 heterocycles. The maximum absolute atomic E-state index is 12.1. The van der Waals surface area contributed by atoms with Crippen molar-refractivity contribution in [2.75, 3.05) is 25.0 Å². The van der Waals surface area contributed by atoms with Crippen LogP contribution in [0.4, 0.5) is 10.5 Å². The van der Waals surface area contributed by atoms with Gasteiger partial charge in [-0.1, -0.05) is 30.3 Å². The van der Waals surface area contributed by atoms with Crippen molar-refractivity contribution in [3.05, 3.63) is 64.6 Å². The summed E-state index contributed by atoms with van der Waals surface area (Å²) >= 11 is 0. The maximum atomic E-state index is 12.1. The molecule has 1 fully saturated rings. The van der Waals surface area contributed by atoms with E-state index in [1.165, 1.54) is 5.56 Å². The number of urea groups is 1. The third kappa shape index (κ3) is 4.38. The largest absolute Gasteiger partial charge is 0.417 e. The van der Waals surface area contributed by atoms with E-state index in [1.54, 1.807) is 18.2 Å².